The Morgan fingerprint density at radius 2 is 1.86 bits per heavy atom. The summed E-state index contributed by atoms with van der Waals surface area (Å²) < 4.78 is 0. The van der Waals surface area contributed by atoms with Crippen LogP contribution in [0.3, 0.4) is 0 Å². The van der Waals surface area contributed by atoms with Gasteiger partial charge >= 0.3 is 0 Å². The zero-order chi connectivity index (χ0) is 19.7. The third kappa shape index (κ3) is 3.34. The van der Waals surface area contributed by atoms with Gasteiger partial charge in [0.1, 0.15) is 5.75 Å². The van der Waals surface area contributed by atoms with E-state index in [0.29, 0.717) is 22.9 Å². The molecule has 28 heavy (non-hydrogen) atoms. The zero-order valence-corrected chi connectivity index (χ0v) is 15.6. The fourth-order valence-corrected chi connectivity index (χ4v) is 3.54. The molecule has 1 N–H and O–H groups in total. The molecule has 1 saturated heterocycles. The number of aromatic nitrogens is 1. The fourth-order valence-electron chi connectivity index (χ4n) is 3.54. The van der Waals surface area contributed by atoms with Crippen LogP contribution >= 0.6 is 0 Å². The zero-order valence-electron chi connectivity index (χ0n) is 15.6. The first-order chi connectivity index (χ1) is 13.6. The van der Waals surface area contributed by atoms with E-state index in [-0.39, 0.29) is 17.2 Å². The van der Waals surface area contributed by atoms with Gasteiger partial charge in [-0.05, 0) is 42.1 Å². The summed E-state index contributed by atoms with van der Waals surface area (Å²) in [7, 11) is 2.06. The van der Waals surface area contributed by atoms with E-state index in [1.54, 1.807) is 24.4 Å². The molecule has 6 heteroatoms. The van der Waals surface area contributed by atoms with E-state index in [0.717, 1.165) is 37.1 Å². The number of benzene rings is 2. The van der Waals surface area contributed by atoms with E-state index < -0.39 is 0 Å². The van der Waals surface area contributed by atoms with Gasteiger partial charge in [-0.25, -0.2) is 0 Å². The number of rotatable bonds is 3. The number of pyridine rings is 1. The summed E-state index contributed by atoms with van der Waals surface area (Å²) in [5.41, 5.74) is 2.44. The van der Waals surface area contributed by atoms with Crippen molar-refractivity contribution in [2.75, 3.05) is 33.2 Å². The van der Waals surface area contributed by atoms with Crippen molar-refractivity contribution in [2.45, 2.75) is 0 Å². The highest BCUT2D eigenvalue weighted by atomic mass is 16.3. The van der Waals surface area contributed by atoms with Crippen molar-refractivity contribution in [3.05, 3.63) is 59.8 Å². The smallest absolute Gasteiger partial charge is 0.254 e. The fraction of sp³-hybridized carbons (Fsp3) is 0.227. The molecule has 0 bridgehead atoms. The number of phenolic OH excluding ortho intramolecular Hbond substituents is 1. The summed E-state index contributed by atoms with van der Waals surface area (Å²) in [6.07, 6.45) is 2.31. The van der Waals surface area contributed by atoms with Gasteiger partial charge < -0.3 is 14.9 Å². The van der Waals surface area contributed by atoms with Crippen LogP contribution in [0.2, 0.25) is 0 Å². The number of fused-ring (bicyclic) bond motifs is 1. The van der Waals surface area contributed by atoms with Gasteiger partial charge in [0, 0.05) is 43.5 Å². The molecule has 1 aromatic heterocycles. The lowest BCUT2D eigenvalue weighted by atomic mass is 10.00. The molecule has 6 nitrogen and oxygen atoms in total. The maximum absolute atomic E-state index is 12.8. The molecule has 0 saturated carbocycles. The van der Waals surface area contributed by atoms with Gasteiger partial charge in [-0.3, -0.25) is 14.6 Å². The van der Waals surface area contributed by atoms with Crippen molar-refractivity contribution in [2.24, 2.45) is 0 Å². The second-order valence-electron chi connectivity index (χ2n) is 7.08. The van der Waals surface area contributed by atoms with Crippen molar-refractivity contribution < 1.29 is 14.7 Å². The molecule has 1 aliphatic heterocycles. The molecule has 0 aliphatic carbocycles. The van der Waals surface area contributed by atoms with Crippen LogP contribution in [0, 0.1) is 0 Å². The summed E-state index contributed by atoms with van der Waals surface area (Å²) in [5, 5.41) is 11.4. The monoisotopic (exact) mass is 375 g/mol. The lowest BCUT2D eigenvalue weighted by molar-refractivity contribution is 0.0664. The summed E-state index contributed by atoms with van der Waals surface area (Å²) in [6, 6.07) is 12.4. The van der Waals surface area contributed by atoms with Crippen molar-refractivity contribution in [1.29, 1.82) is 0 Å². The summed E-state index contributed by atoms with van der Waals surface area (Å²) in [6.45, 7) is 3.20. The SMILES string of the molecule is CN1CCN(C(=O)c2ccnc(-c3ccc4c(C=O)c(O)ccc4c3)c2)CC1. The quantitative estimate of drug-likeness (QED) is 0.713. The van der Waals surface area contributed by atoms with E-state index in [9.17, 15) is 14.7 Å². The van der Waals surface area contributed by atoms with Crippen LogP contribution in [0.25, 0.3) is 22.0 Å². The Morgan fingerprint density at radius 3 is 2.61 bits per heavy atom. The van der Waals surface area contributed by atoms with Crippen LogP contribution in [0.1, 0.15) is 20.7 Å². The average molecular weight is 375 g/mol. The van der Waals surface area contributed by atoms with E-state index in [2.05, 4.69) is 16.9 Å². The van der Waals surface area contributed by atoms with Gasteiger partial charge in [0.05, 0.1) is 11.3 Å². The van der Waals surface area contributed by atoms with Gasteiger partial charge in [-0.2, -0.15) is 0 Å². The summed E-state index contributed by atoms with van der Waals surface area (Å²) in [4.78, 5) is 32.6. The first-order valence-electron chi connectivity index (χ1n) is 9.22. The number of aldehydes is 1. The Labute approximate surface area is 163 Å². The number of phenols is 1. The van der Waals surface area contributed by atoms with Crippen molar-refractivity contribution in [3.63, 3.8) is 0 Å². The minimum absolute atomic E-state index is 0.0192. The predicted molar refractivity (Wildman–Crippen MR) is 108 cm³/mol. The van der Waals surface area contributed by atoms with E-state index >= 15 is 0 Å². The number of carbonyl (C=O) groups excluding carboxylic acids is 2. The van der Waals surface area contributed by atoms with Crippen LogP contribution in [0.15, 0.2) is 48.7 Å². The number of aromatic hydroxyl groups is 1. The van der Waals surface area contributed by atoms with Crippen LogP contribution in [-0.2, 0) is 0 Å². The van der Waals surface area contributed by atoms with Gasteiger partial charge in [0.25, 0.3) is 5.91 Å². The first kappa shape index (κ1) is 18.1. The minimum atomic E-state index is -0.0341. The first-order valence-corrected chi connectivity index (χ1v) is 9.22. The highest BCUT2D eigenvalue weighted by molar-refractivity contribution is 6.02. The largest absolute Gasteiger partial charge is 0.507 e. The Kier molecular flexibility index (Phi) is 4.79. The standard InChI is InChI=1S/C22H21N3O3/c1-24-8-10-25(11-9-24)22(28)17-6-7-23-20(13-17)16-2-4-18-15(12-16)3-5-21(27)19(18)14-26/h2-7,12-14,27H,8-11H2,1H3. The second-order valence-corrected chi connectivity index (χ2v) is 7.08. The van der Waals surface area contributed by atoms with Gasteiger partial charge in [-0.15, -0.1) is 0 Å². The molecule has 0 unspecified atom stereocenters. The molecule has 0 radical (unpaired) electrons. The molecule has 4 rings (SSSR count). The summed E-state index contributed by atoms with van der Waals surface area (Å²) in [5.74, 6) is -0.0150. The maximum Gasteiger partial charge on any atom is 0.254 e. The van der Waals surface area contributed by atoms with Gasteiger partial charge in [0.15, 0.2) is 6.29 Å². The van der Waals surface area contributed by atoms with Crippen molar-refractivity contribution in [1.82, 2.24) is 14.8 Å². The molecule has 1 amide bonds. The van der Waals surface area contributed by atoms with Gasteiger partial charge in [0.2, 0.25) is 0 Å². The van der Waals surface area contributed by atoms with Gasteiger partial charge in [-0.1, -0.05) is 18.2 Å². The normalized spacial score (nSPS) is 15.0. The molecule has 2 heterocycles. The molecular formula is C22H21N3O3. The van der Waals surface area contributed by atoms with Crippen LogP contribution in [0.4, 0.5) is 0 Å². The van der Waals surface area contributed by atoms with E-state index in [1.807, 2.05) is 23.1 Å². The maximum atomic E-state index is 12.8. The third-order valence-electron chi connectivity index (χ3n) is 5.25. The number of hydrogen-bond acceptors (Lipinski definition) is 5. The molecule has 1 aliphatic rings. The highest BCUT2D eigenvalue weighted by Gasteiger charge is 2.20. The Hall–Kier alpha value is -3.25. The number of hydrogen-bond donors (Lipinski definition) is 1. The van der Waals surface area contributed by atoms with E-state index in [1.165, 1.54) is 6.07 Å². The minimum Gasteiger partial charge on any atom is -0.507 e. The van der Waals surface area contributed by atoms with E-state index in [4.69, 9.17) is 0 Å². The summed E-state index contributed by atoms with van der Waals surface area (Å²) >= 11 is 0. The average Bonchev–Trinajstić information content (AvgIpc) is 2.73. The number of nitrogens with zero attached hydrogens (tertiary/aromatic N) is 3. The van der Waals surface area contributed by atoms with Crippen LogP contribution in [-0.4, -0.2) is 65.3 Å². The molecule has 0 spiro atoms. The number of amides is 1. The number of piperazine rings is 1. The Balaban J connectivity index is 1.66. The van der Waals surface area contributed by atoms with Crippen molar-refractivity contribution >= 4 is 23.0 Å². The highest BCUT2D eigenvalue weighted by Crippen LogP contribution is 2.29. The molecule has 0 atom stereocenters. The molecule has 3 aromatic rings. The lowest BCUT2D eigenvalue weighted by Gasteiger charge is -2.32. The van der Waals surface area contributed by atoms with Crippen LogP contribution < -0.4 is 0 Å². The number of carbonyl (C=O) groups is 2. The van der Waals surface area contributed by atoms with Crippen molar-refractivity contribution in [3.8, 4) is 17.0 Å². The second kappa shape index (κ2) is 7.40. The number of likely N-dealkylation sites (N-methyl/N-ethyl adjacent to an activating group) is 1. The topological polar surface area (TPSA) is 73.7 Å². The van der Waals surface area contributed by atoms with Crippen LogP contribution in [0.5, 0.6) is 5.75 Å². The molecule has 2 aromatic carbocycles. The lowest BCUT2D eigenvalue weighted by Crippen LogP contribution is -2.47. The Bertz CT molecular complexity index is 1060. The third-order valence-corrected chi connectivity index (χ3v) is 5.25. The Morgan fingerprint density at radius 1 is 1.07 bits per heavy atom. The molecule has 1 fully saturated rings. The predicted octanol–water partition coefficient (Wildman–Crippen LogP) is 2.81. The molecular weight excluding hydrogens is 354 g/mol. The molecule has 142 valence electrons.